The molecule has 1 aromatic carbocycles. The number of nitrogens with two attached hydrogens (primary N) is 1. The standard InChI is InChI=1S/C12H12FNO/c1-3-4-11(14)12(15)9-6-5-8(2)10(13)7-9/h1,5-7,11H,4,14H2,2H3. The number of Topliss-reactive ketones (excluding diaryl/α,β-unsaturated/α-hetero) is 1. The van der Waals surface area contributed by atoms with Gasteiger partial charge in [-0.05, 0) is 18.6 Å². The Morgan fingerprint density at radius 2 is 2.33 bits per heavy atom. The van der Waals surface area contributed by atoms with E-state index >= 15 is 0 Å². The van der Waals surface area contributed by atoms with Crippen molar-refractivity contribution in [2.24, 2.45) is 5.73 Å². The lowest BCUT2D eigenvalue weighted by Gasteiger charge is -2.07. The van der Waals surface area contributed by atoms with E-state index in [4.69, 9.17) is 12.2 Å². The van der Waals surface area contributed by atoms with Gasteiger partial charge in [0.25, 0.3) is 0 Å². The molecule has 78 valence electrons. The van der Waals surface area contributed by atoms with Crippen LogP contribution >= 0.6 is 0 Å². The van der Waals surface area contributed by atoms with E-state index in [1.165, 1.54) is 6.07 Å². The molecule has 0 amide bonds. The van der Waals surface area contributed by atoms with Gasteiger partial charge >= 0.3 is 0 Å². The summed E-state index contributed by atoms with van der Waals surface area (Å²) in [5.74, 6) is 1.57. The quantitative estimate of drug-likeness (QED) is 0.602. The number of hydrogen-bond donors (Lipinski definition) is 1. The zero-order valence-electron chi connectivity index (χ0n) is 8.46. The van der Waals surface area contributed by atoms with Gasteiger partial charge in [-0.25, -0.2) is 4.39 Å². The number of rotatable bonds is 3. The summed E-state index contributed by atoms with van der Waals surface area (Å²) >= 11 is 0. The number of carbonyl (C=O) groups is 1. The first-order chi connectivity index (χ1) is 7.06. The topological polar surface area (TPSA) is 43.1 Å². The molecule has 0 aromatic heterocycles. The van der Waals surface area contributed by atoms with Crippen molar-refractivity contribution in [3.63, 3.8) is 0 Å². The van der Waals surface area contributed by atoms with Crippen molar-refractivity contribution in [2.45, 2.75) is 19.4 Å². The summed E-state index contributed by atoms with van der Waals surface area (Å²) in [4.78, 5) is 11.6. The Balaban J connectivity index is 2.93. The van der Waals surface area contributed by atoms with E-state index in [1.54, 1.807) is 19.1 Å². The first kappa shape index (κ1) is 11.4. The predicted molar refractivity (Wildman–Crippen MR) is 56.9 cm³/mol. The van der Waals surface area contributed by atoms with E-state index in [0.29, 0.717) is 5.56 Å². The maximum atomic E-state index is 13.2. The van der Waals surface area contributed by atoms with Gasteiger partial charge in [-0.3, -0.25) is 4.79 Å². The molecular weight excluding hydrogens is 193 g/mol. The van der Waals surface area contributed by atoms with Gasteiger partial charge in [0.1, 0.15) is 5.82 Å². The minimum atomic E-state index is -0.753. The molecule has 0 radical (unpaired) electrons. The Labute approximate surface area is 88.3 Å². The molecule has 2 nitrogen and oxygen atoms in total. The number of hydrogen-bond acceptors (Lipinski definition) is 2. The lowest BCUT2D eigenvalue weighted by Crippen LogP contribution is -2.30. The van der Waals surface area contributed by atoms with Crippen LogP contribution in [0.5, 0.6) is 0 Å². The molecule has 15 heavy (non-hydrogen) atoms. The normalized spacial score (nSPS) is 11.9. The van der Waals surface area contributed by atoms with Gasteiger partial charge in [0.15, 0.2) is 5.78 Å². The van der Waals surface area contributed by atoms with Crippen molar-refractivity contribution in [1.29, 1.82) is 0 Å². The van der Waals surface area contributed by atoms with Crippen LogP contribution in [-0.4, -0.2) is 11.8 Å². The van der Waals surface area contributed by atoms with Crippen molar-refractivity contribution < 1.29 is 9.18 Å². The van der Waals surface area contributed by atoms with Crippen molar-refractivity contribution in [1.82, 2.24) is 0 Å². The molecule has 3 heteroatoms. The van der Waals surface area contributed by atoms with Crippen LogP contribution in [0.25, 0.3) is 0 Å². The van der Waals surface area contributed by atoms with Crippen molar-refractivity contribution >= 4 is 5.78 Å². The molecular formula is C12H12FNO. The van der Waals surface area contributed by atoms with Gasteiger partial charge in [0.05, 0.1) is 6.04 Å². The highest BCUT2D eigenvalue weighted by Crippen LogP contribution is 2.11. The van der Waals surface area contributed by atoms with Gasteiger partial charge < -0.3 is 5.73 Å². The highest BCUT2D eigenvalue weighted by atomic mass is 19.1. The van der Waals surface area contributed by atoms with E-state index in [-0.39, 0.29) is 17.8 Å². The molecule has 0 fully saturated rings. The first-order valence-corrected chi connectivity index (χ1v) is 4.55. The van der Waals surface area contributed by atoms with Crippen LogP contribution in [-0.2, 0) is 0 Å². The van der Waals surface area contributed by atoms with Crippen LogP contribution in [0, 0.1) is 25.1 Å². The van der Waals surface area contributed by atoms with E-state index in [9.17, 15) is 9.18 Å². The highest BCUT2D eigenvalue weighted by Gasteiger charge is 2.15. The maximum Gasteiger partial charge on any atom is 0.180 e. The van der Waals surface area contributed by atoms with E-state index in [2.05, 4.69) is 5.92 Å². The number of benzene rings is 1. The largest absolute Gasteiger partial charge is 0.320 e. The van der Waals surface area contributed by atoms with Crippen LogP contribution in [0.1, 0.15) is 22.3 Å². The third kappa shape index (κ3) is 2.64. The number of terminal acetylenes is 1. The predicted octanol–water partition coefficient (Wildman–Crippen LogP) is 1.67. The number of ketones is 1. The number of halogens is 1. The highest BCUT2D eigenvalue weighted by molar-refractivity contribution is 6.00. The smallest absolute Gasteiger partial charge is 0.180 e. The Hall–Kier alpha value is -1.66. The second kappa shape index (κ2) is 4.72. The first-order valence-electron chi connectivity index (χ1n) is 4.55. The fraction of sp³-hybridized carbons (Fsp3) is 0.250. The maximum absolute atomic E-state index is 13.2. The number of aryl methyl sites for hydroxylation is 1. The lowest BCUT2D eigenvalue weighted by molar-refractivity contribution is 0.0962. The van der Waals surface area contributed by atoms with Crippen LogP contribution in [0.2, 0.25) is 0 Å². The Bertz CT molecular complexity index is 420. The summed E-state index contributed by atoms with van der Waals surface area (Å²) < 4.78 is 13.2. The summed E-state index contributed by atoms with van der Waals surface area (Å²) in [5, 5.41) is 0. The zero-order valence-corrected chi connectivity index (χ0v) is 8.46. The Morgan fingerprint density at radius 1 is 1.67 bits per heavy atom. The number of carbonyl (C=O) groups excluding carboxylic acids is 1. The monoisotopic (exact) mass is 205 g/mol. The van der Waals surface area contributed by atoms with Crippen molar-refractivity contribution in [2.75, 3.05) is 0 Å². The molecule has 0 aliphatic carbocycles. The summed E-state index contributed by atoms with van der Waals surface area (Å²) in [6.07, 6.45) is 5.20. The summed E-state index contributed by atoms with van der Waals surface area (Å²) in [7, 11) is 0. The minimum absolute atomic E-state index is 0.161. The minimum Gasteiger partial charge on any atom is -0.320 e. The lowest BCUT2D eigenvalue weighted by atomic mass is 10.0. The van der Waals surface area contributed by atoms with Gasteiger partial charge in [0.2, 0.25) is 0 Å². The molecule has 1 unspecified atom stereocenters. The van der Waals surface area contributed by atoms with Crippen molar-refractivity contribution in [3.8, 4) is 12.3 Å². The molecule has 1 rings (SSSR count). The SMILES string of the molecule is C#CCC(N)C(=O)c1ccc(C)c(F)c1. The molecule has 0 bridgehead atoms. The second-order valence-corrected chi connectivity index (χ2v) is 3.34. The molecule has 0 aliphatic heterocycles. The van der Waals surface area contributed by atoms with Crippen LogP contribution in [0.15, 0.2) is 18.2 Å². The zero-order chi connectivity index (χ0) is 11.4. The molecule has 0 aliphatic rings. The van der Waals surface area contributed by atoms with E-state index in [0.717, 1.165) is 0 Å². The summed E-state index contributed by atoms with van der Waals surface area (Å²) in [6.45, 7) is 1.63. The summed E-state index contributed by atoms with van der Waals surface area (Å²) in [5.41, 5.74) is 6.30. The average Bonchev–Trinajstić information content (AvgIpc) is 2.21. The average molecular weight is 205 g/mol. The molecule has 0 heterocycles. The van der Waals surface area contributed by atoms with Crippen LogP contribution in [0.4, 0.5) is 4.39 Å². The third-order valence-electron chi connectivity index (χ3n) is 2.13. The van der Waals surface area contributed by atoms with Gasteiger partial charge in [-0.15, -0.1) is 12.3 Å². The Morgan fingerprint density at radius 3 is 2.87 bits per heavy atom. The third-order valence-corrected chi connectivity index (χ3v) is 2.13. The second-order valence-electron chi connectivity index (χ2n) is 3.34. The molecule has 1 atom stereocenters. The van der Waals surface area contributed by atoms with Crippen LogP contribution < -0.4 is 5.73 Å². The van der Waals surface area contributed by atoms with Gasteiger partial charge in [-0.1, -0.05) is 12.1 Å². The summed E-state index contributed by atoms with van der Waals surface area (Å²) in [6, 6.07) is 3.54. The van der Waals surface area contributed by atoms with E-state index < -0.39 is 11.9 Å². The van der Waals surface area contributed by atoms with Gasteiger partial charge in [0, 0.05) is 12.0 Å². The Kier molecular flexibility index (Phi) is 3.59. The van der Waals surface area contributed by atoms with Gasteiger partial charge in [-0.2, -0.15) is 0 Å². The molecule has 1 aromatic rings. The van der Waals surface area contributed by atoms with Crippen LogP contribution in [0.3, 0.4) is 0 Å². The molecule has 0 saturated carbocycles. The fourth-order valence-electron chi connectivity index (χ4n) is 1.18. The van der Waals surface area contributed by atoms with E-state index in [1.807, 2.05) is 0 Å². The molecule has 0 saturated heterocycles. The molecule has 0 spiro atoms. The molecule has 2 N–H and O–H groups in total. The fourth-order valence-corrected chi connectivity index (χ4v) is 1.18. The van der Waals surface area contributed by atoms with Crippen molar-refractivity contribution in [3.05, 3.63) is 35.1 Å².